The van der Waals surface area contributed by atoms with E-state index in [2.05, 4.69) is 13.8 Å². The number of thioether (sulfide) groups is 1. The van der Waals surface area contributed by atoms with E-state index in [0.717, 1.165) is 49.5 Å². The van der Waals surface area contributed by atoms with Crippen LogP contribution in [0.1, 0.15) is 142 Å². The van der Waals surface area contributed by atoms with Gasteiger partial charge in [-0.15, -0.1) is 0 Å². The van der Waals surface area contributed by atoms with Gasteiger partial charge in [-0.2, -0.15) is 11.8 Å². The van der Waals surface area contributed by atoms with Gasteiger partial charge in [-0.3, -0.25) is 9.59 Å². The van der Waals surface area contributed by atoms with Crippen molar-refractivity contribution in [2.75, 3.05) is 18.1 Å². The van der Waals surface area contributed by atoms with Crippen LogP contribution in [0.25, 0.3) is 0 Å². The van der Waals surface area contributed by atoms with Gasteiger partial charge in [0, 0.05) is 12.8 Å². The largest absolute Gasteiger partial charge is 0.481 e. The minimum atomic E-state index is -0.711. The molecule has 0 aromatic carbocycles. The van der Waals surface area contributed by atoms with Gasteiger partial charge >= 0.3 is 11.9 Å². The van der Waals surface area contributed by atoms with Crippen LogP contribution in [-0.2, 0) is 14.3 Å². The molecular formula is C28H54O4S. The zero-order valence-corrected chi connectivity index (χ0v) is 22.7. The summed E-state index contributed by atoms with van der Waals surface area (Å²) in [7, 11) is 0. The molecule has 0 heterocycles. The summed E-state index contributed by atoms with van der Waals surface area (Å²) in [6.07, 6.45) is 23.2. The summed E-state index contributed by atoms with van der Waals surface area (Å²) in [5, 5.41) is 8.58. The minimum absolute atomic E-state index is 0.0543. The van der Waals surface area contributed by atoms with E-state index in [4.69, 9.17) is 9.84 Å². The quantitative estimate of drug-likeness (QED) is 0.0977. The molecule has 0 amide bonds. The number of carbonyl (C=O) groups is 2. The predicted octanol–water partition coefficient (Wildman–Crippen LogP) is 8.81. The van der Waals surface area contributed by atoms with E-state index in [9.17, 15) is 9.59 Å². The molecule has 5 heteroatoms. The Balaban J connectivity index is 3.16. The van der Waals surface area contributed by atoms with Gasteiger partial charge in [-0.05, 0) is 49.5 Å². The Labute approximate surface area is 209 Å². The molecule has 0 bridgehead atoms. The predicted molar refractivity (Wildman–Crippen MR) is 143 cm³/mol. The van der Waals surface area contributed by atoms with Gasteiger partial charge in [0.05, 0.1) is 6.61 Å². The summed E-state index contributed by atoms with van der Waals surface area (Å²) in [5.41, 5.74) is 0. The maximum absolute atomic E-state index is 11.8. The van der Waals surface area contributed by atoms with E-state index in [1.54, 1.807) is 0 Å². The Hall–Kier alpha value is -0.710. The molecule has 0 radical (unpaired) electrons. The Kier molecular flexibility index (Phi) is 25.3. The molecule has 0 fully saturated rings. The second kappa shape index (κ2) is 25.9. The van der Waals surface area contributed by atoms with Crippen LogP contribution in [-0.4, -0.2) is 35.2 Å². The Morgan fingerprint density at radius 1 is 0.636 bits per heavy atom. The fraction of sp³-hybridized carbons (Fsp3) is 0.929. The van der Waals surface area contributed by atoms with E-state index < -0.39 is 5.97 Å². The van der Waals surface area contributed by atoms with Crippen molar-refractivity contribution in [3.63, 3.8) is 0 Å². The number of carboxylic acids is 1. The number of ether oxygens (including phenoxy) is 1. The molecule has 0 aliphatic rings. The van der Waals surface area contributed by atoms with Crippen LogP contribution in [0.4, 0.5) is 0 Å². The molecule has 0 unspecified atom stereocenters. The van der Waals surface area contributed by atoms with Gasteiger partial charge < -0.3 is 9.84 Å². The van der Waals surface area contributed by atoms with Gasteiger partial charge in [-0.25, -0.2) is 0 Å². The summed E-state index contributed by atoms with van der Waals surface area (Å²) in [6.45, 7) is 5.21. The fourth-order valence-corrected chi connectivity index (χ4v) is 4.93. The van der Waals surface area contributed by atoms with Crippen LogP contribution >= 0.6 is 11.8 Å². The Morgan fingerprint density at radius 2 is 1.09 bits per heavy atom. The third kappa shape index (κ3) is 29.3. The lowest BCUT2D eigenvalue weighted by atomic mass is 10.0. The maximum Gasteiger partial charge on any atom is 0.305 e. The van der Waals surface area contributed by atoms with Crippen molar-refractivity contribution in [1.29, 1.82) is 0 Å². The molecule has 0 aliphatic carbocycles. The van der Waals surface area contributed by atoms with Crippen molar-refractivity contribution in [2.45, 2.75) is 142 Å². The number of hydrogen-bond donors (Lipinski definition) is 1. The van der Waals surface area contributed by atoms with Gasteiger partial charge in [-0.1, -0.05) is 97.3 Å². The molecular weight excluding hydrogens is 432 g/mol. The first-order valence-electron chi connectivity index (χ1n) is 14.0. The third-order valence-corrected chi connectivity index (χ3v) is 7.19. The lowest BCUT2D eigenvalue weighted by molar-refractivity contribution is -0.144. The van der Waals surface area contributed by atoms with Crippen LogP contribution in [0.3, 0.4) is 0 Å². The fourth-order valence-electron chi connectivity index (χ4n) is 3.91. The minimum Gasteiger partial charge on any atom is -0.481 e. The zero-order valence-electron chi connectivity index (χ0n) is 21.9. The normalized spacial score (nSPS) is 11.2. The van der Waals surface area contributed by atoms with Gasteiger partial charge in [0.2, 0.25) is 0 Å². The van der Waals surface area contributed by atoms with Crippen molar-refractivity contribution < 1.29 is 19.4 Å². The lowest BCUT2D eigenvalue weighted by Gasteiger charge is -2.06. The van der Waals surface area contributed by atoms with Crippen LogP contribution in [0.2, 0.25) is 0 Å². The molecule has 0 atom stereocenters. The van der Waals surface area contributed by atoms with Crippen LogP contribution in [0.15, 0.2) is 0 Å². The summed E-state index contributed by atoms with van der Waals surface area (Å²) in [5.74, 6) is 2.15. The molecule has 0 aromatic rings. The van der Waals surface area contributed by atoms with E-state index in [1.807, 2.05) is 11.8 Å². The average Bonchev–Trinajstić information content (AvgIpc) is 2.77. The molecule has 0 rings (SSSR count). The van der Waals surface area contributed by atoms with Crippen LogP contribution in [0.5, 0.6) is 0 Å². The highest BCUT2D eigenvalue weighted by molar-refractivity contribution is 7.99. The molecule has 33 heavy (non-hydrogen) atoms. The Bertz CT molecular complexity index is 440. The number of carbonyl (C=O) groups excluding carboxylic acids is 1. The van der Waals surface area contributed by atoms with E-state index in [1.165, 1.54) is 83.5 Å². The number of hydrogen-bond acceptors (Lipinski definition) is 4. The summed E-state index contributed by atoms with van der Waals surface area (Å²) < 4.78 is 5.34. The first kappa shape index (κ1) is 32.3. The second-order valence-electron chi connectivity index (χ2n) is 9.92. The standard InChI is InChI=1S/C28H54O4S/c1-26(2)20-14-12-10-8-6-4-3-5-7-9-11-13-17-23-32-28(31)22-16-19-25-33-24-18-15-21-27(29)30/h26H,3-25H2,1-2H3,(H,29,30). The lowest BCUT2D eigenvalue weighted by Crippen LogP contribution is -2.05. The highest BCUT2D eigenvalue weighted by atomic mass is 32.2. The average molecular weight is 487 g/mol. The van der Waals surface area contributed by atoms with Crippen molar-refractivity contribution in [1.82, 2.24) is 0 Å². The van der Waals surface area contributed by atoms with Crippen molar-refractivity contribution >= 4 is 23.7 Å². The third-order valence-electron chi connectivity index (χ3n) is 6.04. The summed E-state index contributed by atoms with van der Waals surface area (Å²) in [4.78, 5) is 22.2. The first-order valence-corrected chi connectivity index (χ1v) is 15.1. The topological polar surface area (TPSA) is 63.6 Å². The molecule has 0 saturated carbocycles. The van der Waals surface area contributed by atoms with Crippen molar-refractivity contribution in [3.05, 3.63) is 0 Å². The molecule has 196 valence electrons. The summed E-state index contributed by atoms with van der Waals surface area (Å²) in [6, 6.07) is 0. The van der Waals surface area contributed by atoms with E-state index >= 15 is 0 Å². The second-order valence-corrected chi connectivity index (χ2v) is 11.1. The van der Waals surface area contributed by atoms with Crippen molar-refractivity contribution in [2.24, 2.45) is 5.92 Å². The number of carboxylic acid groups (broad SMARTS) is 1. The molecule has 0 aliphatic heterocycles. The number of unbranched alkanes of at least 4 members (excludes halogenated alkanes) is 14. The molecule has 0 aromatic heterocycles. The summed E-state index contributed by atoms with van der Waals surface area (Å²) >= 11 is 1.85. The number of aliphatic carboxylic acids is 1. The van der Waals surface area contributed by atoms with E-state index in [-0.39, 0.29) is 12.4 Å². The number of rotatable bonds is 26. The highest BCUT2D eigenvalue weighted by Crippen LogP contribution is 2.14. The van der Waals surface area contributed by atoms with Gasteiger partial charge in [0.25, 0.3) is 0 Å². The molecule has 0 saturated heterocycles. The van der Waals surface area contributed by atoms with Crippen molar-refractivity contribution in [3.8, 4) is 0 Å². The molecule has 0 spiro atoms. The molecule has 1 N–H and O–H groups in total. The number of esters is 1. The van der Waals surface area contributed by atoms with Crippen LogP contribution in [0, 0.1) is 5.92 Å². The molecule has 4 nitrogen and oxygen atoms in total. The zero-order chi connectivity index (χ0) is 24.4. The SMILES string of the molecule is CC(C)CCCCCCCCCCCCCCCOC(=O)CCCCSCCCCC(=O)O. The van der Waals surface area contributed by atoms with Gasteiger partial charge in [0.15, 0.2) is 0 Å². The first-order chi connectivity index (χ1) is 16.0. The monoisotopic (exact) mass is 486 g/mol. The van der Waals surface area contributed by atoms with Crippen LogP contribution < -0.4 is 0 Å². The highest BCUT2D eigenvalue weighted by Gasteiger charge is 2.03. The maximum atomic E-state index is 11.8. The smallest absolute Gasteiger partial charge is 0.305 e. The van der Waals surface area contributed by atoms with E-state index in [0.29, 0.717) is 13.0 Å². The van der Waals surface area contributed by atoms with Gasteiger partial charge in [0.1, 0.15) is 0 Å². The Morgan fingerprint density at radius 3 is 1.58 bits per heavy atom.